The lowest BCUT2D eigenvalue weighted by Gasteiger charge is -2.23. The van der Waals surface area contributed by atoms with E-state index >= 15 is 0 Å². The van der Waals surface area contributed by atoms with Gasteiger partial charge in [-0.25, -0.2) is 0 Å². The highest BCUT2D eigenvalue weighted by Gasteiger charge is 2.36. The van der Waals surface area contributed by atoms with Gasteiger partial charge in [0, 0.05) is 23.4 Å². The number of hydrogen-bond donors (Lipinski definition) is 0. The first-order valence-electron chi connectivity index (χ1n) is 19.9. The Bertz CT molecular complexity index is 3420. The summed E-state index contributed by atoms with van der Waals surface area (Å²) in [6, 6.07) is 65.9. The molecule has 0 aliphatic heterocycles. The van der Waals surface area contributed by atoms with Crippen LogP contribution in [-0.4, -0.2) is 4.98 Å². The van der Waals surface area contributed by atoms with Crippen molar-refractivity contribution in [1.82, 2.24) is 4.98 Å². The van der Waals surface area contributed by atoms with Gasteiger partial charge in [0.05, 0.1) is 0 Å². The molecule has 0 amide bonds. The minimum Gasteiger partial charge on any atom is -0.264 e. The minimum atomic E-state index is -0.171. The molecule has 0 atom stereocenters. The Kier molecular flexibility index (Phi) is 6.75. The molecule has 0 radical (unpaired) electrons. The first-order valence-corrected chi connectivity index (χ1v) is 19.9. The van der Waals surface area contributed by atoms with Crippen LogP contribution in [0.2, 0.25) is 0 Å². The van der Waals surface area contributed by atoms with Crippen LogP contribution in [-0.2, 0) is 5.41 Å². The lowest BCUT2D eigenvalue weighted by molar-refractivity contribution is 0.661. The SMILES string of the molecule is CC1(C)c2cc(-c3c4ccccc4c(-c4ccc5cc(-c6cccnc6)ccc5c4)c4ccccc34)ccc2-c2cc3c4ccccc4c4ccccc4c3cc21. The highest BCUT2D eigenvalue weighted by molar-refractivity contribution is 6.26. The van der Waals surface area contributed by atoms with Gasteiger partial charge in [0.1, 0.15) is 0 Å². The van der Waals surface area contributed by atoms with Crippen LogP contribution in [0.3, 0.4) is 0 Å². The summed E-state index contributed by atoms with van der Waals surface area (Å²) in [7, 11) is 0. The maximum atomic E-state index is 4.34. The van der Waals surface area contributed by atoms with Gasteiger partial charge in [-0.15, -0.1) is 0 Å². The van der Waals surface area contributed by atoms with E-state index in [1.54, 1.807) is 0 Å². The Labute approximate surface area is 331 Å². The predicted molar refractivity (Wildman–Crippen MR) is 243 cm³/mol. The molecule has 0 spiro atoms. The third-order valence-corrected chi connectivity index (χ3v) is 12.9. The topological polar surface area (TPSA) is 12.9 Å². The van der Waals surface area contributed by atoms with Gasteiger partial charge in [-0.1, -0.05) is 153 Å². The van der Waals surface area contributed by atoms with Crippen LogP contribution in [0.4, 0.5) is 0 Å². The van der Waals surface area contributed by atoms with E-state index in [9.17, 15) is 0 Å². The second-order valence-corrected chi connectivity index (χ2v) is 16.3. The van der Waals surface area contributed by atoms with Crippen molar-refractivity contribution in [3.8, 4) is 44.5 Å². The molecule has 57 heavy (non-hydrogen) atoms. The van der Waals surface area contributed by atoms with Gasteiger partial charge in [-0.05, 0) is 151 Å². The Morgan fingerprint density at radius 3 is 1.35 bits per heavy atom. The van der Waals surface area contributed by atoms with Gasteiger partial charge >= 0.3 is 0 Å². The minimum absolute atomic E-state index is 0.171. The zero-order valence-corrected chi connectivity index (χ0v) is 31.8. The van der Waals surface area contributed by atoms with Crippen LogP contribution in [0.5, 0.6) is 0 Å². The molecule has 1 nitrogen and oxygen atoms in total. The van der Waals surface area contributed by atoms with Crippen molar-refractivity contribution in [3.05, 3.63) is 199 Å². The van der Waals surface area contributed by atoms with Gasteiger partial charge in [0.2, 0.25) is 0 Å². The standard InChI is InChI=1S/C56H37N/c1-56(2)52-30-38(25-26-44(52)51-31-49-42-15-5-3-13-40(42)41-14-4-6-16-43(41)50(49)32-53(51)56)55-47-19-9-7-17-45(47)54(46-18-8-10-20-48(46)55)37-24-23-34-28-36(22-21-35(34)29-37)39-12-11-27-57-33-39/h3-33H,1-2H3. The number of rotatable bonds is 3. The fourth-order valence-electron chi connectivity index (χ4n) is 10.2. The fourth-order valence-corrected chi connectivity index (χ4v) is 10.2. The molecule has 12 rings (SSSR count). The lowest BCUT2D eigenvalue weighted by atomic mass is 9.79. The Morgan fingerprint density at radius 2 is 0.789 bits per heavy atom. The number of benzene rings is 10. The molecule has 0 N–H and O–H groups in total. The van der Waals surface area contributed by atoms with Gasteiger partial charge < -0.3 is 0 Å². The molecule has 1 heteroatoms. The molecule has 0 saturated carbocycles. The van der Waals surface area contributed by atoms with Crippen molar-refractivity contribution in [3.63, 3.8) is 0 Å². The van der Waals surface area contributed by atoms with E-state index < -0.39 is 0 Å². The average molecular weight is 724 g/mol. The molecule has 0 bridgehead atoms. The first kappa shape index (κ1) is 32.2. The summed E-state index contributed by atoms with van der Waals surface area (Å²) in [4.78, 5) is 4.34. The molecule has 1 aliphatic carbocycles. The zero-order valence-electron chi connectivity index (χ0n) is 31.8. The molecular formula is C56H37N. The van der Waals surface area contributed by atoms with E-state index in [0.717, 1.165) is 5.56 Å². The molecule has 0 unspecified atom stereocenters. The second kappa shape index (κ2) is 12.0. The van der Waals surface area contributed by atoms with Crippen molar-refractivity contribution >= 4 is 64.6 Å². The molecular weight excluding hydrogens is 687 g/mol. The molecule has 10 aromatic carbocycles. The van der Waals surface area contributed by atoms with E-state index in [4.69, 9.17) is 0 Å². The molecule has 11 aromatic rings. The van der Waals surface area contributed by atoms with Crippen LogP contribution in [0.15, 0.2) is 188 Å². The summed E-state index contributed by atoms with van der Waals surface area (Å²) in [6.07, 6.45) is 3.76. The highest BCUT2D eigenvalue weighted by atomic mass is 14.6. The monoisotopic (exact) mass is 723 g/mol. The van der Waals surface area contributed by atoms with E-state index in [-0.39, 0.29) is 5.41 Å². The first-order chi connectivity index (χ1) is 28.0. The molecule has 0 saturated heterocycles. The van der Waals surface area contributed by atoms with E-state index in [0.29, 0.717) is 0 Å². The van der Waals surface area contributed by atoms with Gasteiger partial charge in [-0.3, -0.25) is 4.98 Å². The van der Waals surface area contributed by atoms with Crippen molar-refractivity contribution in [2.45, 2.75) is 19.3 Å². The average Bonchev–Trinajstić information content (AvgIpc) is 3.49. The number of pyridine rings is 1. The van der Waals surface area contributed by atoms with Crippen LogP contribution >= 0.6 is 0 Å². The Balaban J connectivity index is 1.05. The summed E-state index contributed by atoms with van der Waals surface area (Å²) in [5, 5.41) is 15.5. The smallest absolute Gasteiger partial charge is 0.0346 e. The fraction of sp³-hybridized carbons (Fsp3) is 0.0536. The number of nitrogens with zero attached hydrogens (tertiary/aromatic N) is 1. The van der Waals surface area contributed by atoms with Gasteiger partial charge in [0.25, 0.3) is 0 Å². The molecule has 1 aromatic heterocycles. The van der Waals surface area contributed by atoms with Crippen LogP contribution in [0, 0.1) is 0 Å². The van der Waals surface area contributed by atoms with Crippen molar-refractivity contribution in [2.24, 2.45) is 0 Å². The predicted octanol–water partition coefficient (Wildman–Crippen LogP) is 15.3. The number of aromatic nitrogens is 1. The van der Waals surface area contributed by atoms with Crippen molar-refractivity contribution in [1.29, 1.82) is 0 Å². The summed E-state index contributed by atoms with van der Waals surface area (Å²) >= 11 is 0. The molecule has 1 aliphatic rings. The third-order valence-electron chi connectivity index (χ3n) is 12.9. The van der Waals surface area contributed by atoms with E-state index in [1.165, 1.54) is 115 Å². The van der Waals surface area contributed by atoms with Crippen LogP contribution < -0.4 is 0 Å². The second-order valence-electron chi connectivity index (χ2n) is 16.3. The maximum Gasteiger partial charge on any atom is 0.0346 e. The van der Waals surface area contributed by atoms with Crippen LogP contribution in [0.25, 0.3) is 109 Å². The molecule has 1 heterocycles. The normalized spacial score (nSPS) is 13.2. The van der Waals surface area contributed by atoms with E-state index in [2.05, 4.69) is 189 Å². The van der Waals surface area contributed by atoms with Gasteiger partial charge in [0.15, 0.2) is 0 Å². The zero-order chi connectivity index (χ0) is 37.8. The number of fused-ring (bicyclic) bond motifs is 12. The molecule has 0 fully saturated rings. The quantitative estimate of drug-likeness (QED) is 0.131. The largest absolute Gasteiger partial charge is 0.264 e. The summed E-state index contributed by atoms with van der Waals surface area (Å²) in [5.74, 6) is 0. The third kappa shape index (κ3) is 4.66. The summed E-state index contributed by atoms with van der Waals surface area (Å²) in [6.45, 7) is 4.82. The van der Waals surface area contributed by atoms with Crippen LogP contribution in [0.1, 0.15) is 25.0 Å². The highest BCUT2D eigenvalue weighted by Crippen LogP contribution is 2.53. The Hall–Kier alpha value is -7.09. The summed E-state index contributed by atoms with van der Waals surface area (Å²) < 4.78 is 0. The molecule has 266 valence electrons. The van der Waals surface area contributed by atoms with Gasteiger partial charge in [-0.2, -0.15) is 0 Å². The lowest BCUT2D eigenvalue weighted by Crippen LogP contribution is -2.15. The summed E-state index contributed by atoms with van der Waals surface area (Å²) in [5.41, 5.74) is 12.7. The Morgan fingerprint density at radius 1 is 0.333 bits per heavy atom. The van der Waals surface area contributed by atoms with E-state index in [1.807, 2.05) is 18.5 Å². The maximum absolute atomic E-state index is 4.34. The van der Waals surface area contributed by atoms with Crippen molar-refractivity contribution < 1.29 is 0 Å². The van der Waals surface area contributed by atoms with Crippen molar-refractivity contribution in [2.75, 3.05) is 0 Å². The number of hydrogen-bond acceptors (Lipinski definition) is 1.